The quantitative estimate of drug-likeness (QED) is 0.790. The van der Waals surface area contributed by atoms with E-state index >= 15 is 0 Å². The third kappa shape index (κ3) is 1.80. The predicted molar refractivity (Wildman–Crippen MR) is 59.2 cm³/mol. The summed E-state index contributed by atoms with van der Waals surface area (Å²) in [7, 11) is 0. The van der Waals surface area contributed by atoms with Crippen LogP contribution >= 0.6 is 11.3 Å². The highest BCUT2D eigenvalue weighted by atomic mass is 32.1. The van der Waals surface area contributed by atoms with E-state index < -0.39 is 0 Å². The number of hydrogen-bond acceptors (Lipinski definition) is 5. The van der Waals surface area contributed by atoms with Crippen LogP contribution in [0.15, 0.2) is 17.5 Å². The van der Waals surface area contributed by atoms with Gasteiger partial charge in [0.1, 0.15) is 11.9 Å². The first-order valence-corrected chi connectivity index (χ1v) is 5.18. The van der Waals surface area contributed by atoms with E-state index in [-0.39, 0.29) is 5.82 Å². The average Bonchev–Trinajstić information content (AvgIpc) is 2.65. The molecule has 0 atom stereocenters. The Bertz CT molecular complexity index is 539. The monoisotopic (exact) mass is 216 g/mol. The molecule has 2 aromatic rings. The Hall–Kier alpha value is -1.93. The highest BCUT2D eigenvalue weighted by Crippen LogP contribution is 2.21. The molecular weight excluding hydrogens is 208 g/mol. The number of pyridine rings is 1. The second kappa shape index (κ2) is 3.67. The van der Waals surface area contributed by atoms with Crippen molar-refractivity contribution in [3.05, 3.63) is 28.1 Å². The number of nitriles is 1. The second-order valence-corrected chi connectivity index (χ2v) is 4.06. The summed E-state index contributed by atoms with van der Waals surface area (Å²) in [6.07, 6.45) is 0. The van der Waals surface area contributed by atoms with Crippen molar-refractivity contribution in [1.29, 1.82) is 5.26 Å². The summed E-state index contributed by atoms with van der Waals surface area (Å²) in [5.41, 5.74) is 7.52. The first-order chi connectivity index (χ1) is 7.20. The third-order valence-electron chi connectivity index (χ3n) is 1.93. The first-order valence-electron chi connectivity index (χ1n) is 4.30. The lowest BCUT2D eigenvalue weighted by Gasteiger charge is -1.99. The molecule has 0 unspecified atom stereocenters. The summed E-state index contributed by atoms with van der Waals surface area (Å²) < 4.78 is 0. The summed E-state index contributed by atoms with van der Waals surface area (Å²) in [4.78, 5) is 8.42. The number of rotatable bonds is 1. The van der Waals surface area contributed by atoms with Gasteiger partial charge in [-0.25, -0.2) is 9.97 Å². The van der Waals surface area contributed by atoms with Gasteiger partial charge in [-0.05, 0) is 19.1 Å². The van der Waals surface area contributed by atoms with E-state index in [1.807, 2.05) is 18.4 Å². The number of nitrogens with zero attached hydrogens (tertiary/aromatic N) is 3. The molecule has 0 aliphatic heterocycles. The maximum absolute atomic E-state index is 8.70. The van der Waals surface area contributed by atoms with Crippen molar-refractivity contribution in [1.82, 2.24) is 9.97 Å². The number of nitrogen functional groups attached to an aromatic ring is 1. The Morgan fingerprint density at radius 2 is 2.13 bits per heavy atom. The van der Waals surface area contributed by atoms with Gasteiger partial charge in [0.05, 0.1) is 22.0 Å². The number of nitrogens with two attached hydrogens (primary N) is 1. The minimum Gasteiger partial charge on any atom is -0.383 e. The molecule has 5 heteroatoms. The smallest absolute Gasteiger partial charge is 0.142 e. The molecule has 4 nitrogen and oxygen atoms in total. The minimum absolute atomic E-state index is 0.251. The van der Waals surface area contributed by atoms with Crippen molar-refractivity contribution in [2.75, 3.05) is 5.73 Å². The predicted octanol–water partition coefficient (Wildman–Crippen LogP) is 1.97. The molecule has 0 bridgehead atoms. The first kappa shape index (κ1) is 9.62. The van der Waals surface area contributed by atoms with Gasteiger partial charge in [0.2, 0.25) is 0 Å². The van der Waals surface area contributed by atoms with Gasteiger partial charge < -0.3 is 5.73 Å². The Morgan fingerprint density at radius 1 is 1.33 bits per heavy atom. The van der Waals surface area contributed by atoms with Crippen LogP contribution in [0.2, 0.25) is 0 Å². The Labute approximate surface area is 91.0 Å². The van der Waals surface area contributed by atoms with Crippen LogP contribution < -0.4 is 5.73 Å². The molecule has 2 heterocycles. The molecule has 0 saturated heterocycles. The van der Waals surface area contributed by atoms with Crippen LogP contribution in [-0.4, -0.2) is 9.97 Å². The molecule has 0 radical (unpaired) electrons. The molecule has 15 heavy (non-hydrogen) atoms. The number of aromatic nitrogens is 2. The van der Waals surface area contributed by atoms with Gasteiger partial charge >= 0.3 is 0 Å². The molecular formula is C10H8N4S. The Morgan fingerprint density at radius 3 is 2.67 bits per heavy atom. The second-order valence-electron chi connectivity index (χ2n) is 2.99. The summed E-state index contributed by atoms with van der Waals surface area (Å²) in [6.45, 7) is 1.93. The van der Waals surface area contributed by atoms with E-state index in [2.05, 4.69) is 9.97 Å². The van der Waals surface area contributed by atoms with Crippen LogP contribution in [0, 0.1) is 18.3 Å². The van der Waals surface area contributed by atoms with Crippen molar-refractivity contribution in [2.45, 2.75) is 6.92 Å². The van der Waals surface area contributed by atoms with E-state index in [4.69, 9.17) is 11.0 Å². The van der Waals surface area contributed by atoms with Gasteiger partial charge in [0, 0.05) is 5.38 Å². The van der Waals surface area contributed by atoms with E-state index in [1.165, 1.54) is 0 Å². The fourth-order valence-corrected chi connectivity index (χ4v) is 1.80. The van der Waals surface area contributed by atoms with Crippen molar-refractivity contribution < 1.29 is 0 Å². The lowest BCUT2D eigenvalue weighted by molar-refractivity contribution is 1.24. The number of anilines is 1. The Kier molecular flexibility index (Phi) is 2.35. The number of thiazole rings is 1. The van der Waals surface area contributed by atoms with Gasteiger partial charge in [0.25, 0.3) is 0 Å². The summed E-state index contributed by atoms with van der Waals surface area (Å²) in [6, 6.07) is 5.39. The summed E-state index contributed by atoms with van der Waals surface area (Å²) in [5.74, 6) is 0.251. The molecule has 2 rings (SSSR count). The van der Waals surface area contributed by atoms with E-state index in [0.717, 1.165) is 10.7 Å². The molecule has 0 saturated carbocycles. The summed E-state index contributed by atoms with van der Waals surface area (Å²) in [5, 5.41) is 11.6. The van der Waals surface area contributed by atoms with E-state index in [9.17, 15) is 0 Å². The highest BCUT2D eigenvalue weighted by Gasteiger charge is 2.06. The molecule has 74 valence electrons. The molecule has 2 aromatic heterocycles. The van der Waals surface area contributed by atoms with Crippen LogP contribution in [0.3, 0.4) is 0 Å². The maximum atomic E-state index is 8.70. The third-order valence-corrected chi connectivity index (χ3v) is 2.70. The van der Waals surface area contributed by atoms with Crippen molar-refractivity contribution in [2.24, 2.45) is 0 Å². The molecule has 0 fully saturated rings. The fourth-order valence-electron chi connectivity index (χ4n) is 1.19. The zero-order valence-corrected chi connectivity index (χ0v) is 8.88. The maximum Gasteiger partial charge on any atom is 0.142 e. The number of aryl methyl sites for hydroxylation is 1. The van der Waals surface area contributed by atoms with Crippen molar-refractivity contribution >= 4 is 17.2 Å². The topological polar surface area (TPSA) is 75.6 Å². The SMILES string of the molecule is Cc1nc(-c2ccc(C#N)c(N)n2)cs1. The van der Waals surface area contributed by atoms with Crippen LogP contribution in [0.25, 0.3) is 11.4 Å². The van der Waals surface area contributed by atoms with E-state index in [1.54, 1.807) is 23.5 Å². The van der Waals surface area contributed by atoms with E-state index in [0.29, 0.717) is 11.3 Å². The lowest BCUT2D eigenvalue weighted by Crippen LogP contribution is -1.96. The van der Waals surface area contributed by atoms with Crippen LogP contribution in [0.1, 0.15) is 10.6 Å². The summed E-state index contributed by atoms with van der Waals surface area (Å²) >= 11 is 1.56. The zero-order valence-electron chi connectivity index (χ0n) is 8.06. The van der Waals surface area contributed by atoms with Gasteiger partial charge in [-0.15, -0.1) is 11.3 Å². The molecule has 0 aliphatic rings. The van der Waals surface area contributed by atoms with Crippen LogP contribution in [0.5, 0.6) is 0 Å². The molecule has 0 aromatic carbocycles. The molecule has 0 aliphatic carbocycles. The molecule has 0 amide bonds. The molecule has 2 N–H and O–H groups in total. The number of hydrogen-bond donors (Lipinski definition) is 1. The largest absolute Gasteiger partial charge is 0.383 e. The minimum atomic E-state index is 0.251. The highest BCUT2D eigenvalue weighted by molar-refractivity contribution is 7.09. The van der Waals surface area contributed by atoms with Gasteiger partial charge in [-0.3, -0.25) is 0 Å². The van der Waals surface area contributed by atoms with Gasteiger partial charge in [-0.1, -0.05) is 0 Å². The van der Waals surface area contributed by atoms with Crippen molar-refractivity contribution in [3.63, 3.8) is 0 Å². The van der Waals surface area contributed by atoms with Gasteiger partial charge in [-0.2, -0.15) is 5.26 Å². The van der Waals surface area contributed by atoms with Crippen LogP contribution in [-0.2, 0) is 0 Å². The Balaban J connectivity index is 2.48. The average molecular weight is 216 g/mol. The normalized spacial score (nSPS) is 9.87. The van der Waals surface area contributed by atoms with Crippen molar-refractivity contribution in [3.8, 4) is 17.5 Å². The molecule has 0 spiro atoms. The van der Waals surface area contributed by atoms with Crippen LogP contribution in [0.4, 0.5) is 5.82 Å². The zero-order chi connectivity index (χ0) is 10.8. The van der Waals surface area contributed by atoms with Gasteiger partial charge in [0.15, 0.2) is 0 Å². The lowest BCUT2D eigenvalue weighted by atomic mass is 10.2. The standard InChI is InChI=1S/C10H8N4S/c1-6-13-9(5-15-6)8-3-2-7(4-11)10(12)14-8/h2-3,5H,1H3,(H2,12,14). The fraction of sp³-hybridized carbons (Fsp3) is 0.100.